The number of aromatic nitrogens is 2. The Morgan fingerprint density at radius 1 is 1.28 bits per heavy atom. The zero-order valence-corrected chi connectivity index (χ0v) is 9.89. The van der Waals surface area contributed by atoms with Gasteiger partial charge in [-0.2, -0.15) is 0 Å². The van der Waals surface area contributed by atoms with Crippen molar-refractivity contribution in [2.45, 2.75) is 12.8 Å². The summed E-state index contributed by atoms with van der Waals surface area (Å²) >= 11 is 0. The molecule has 0 aliphatic rings. The number of hydrogen-bond acceptors (Lipinski definition) is 3. The number of furan rings is 1. The van der Waals surface area contributed by atoms with Gasteiger partial charge in [0, 0.05) is 24.0 Å². The van der Waals surface area contributed by atoms with Crippen molar-refractivity contribution in [2.24, 2.45) is 0 Å². The van der Waals surface area contributed by atoms with Crippen molar-refractivity contribution in [3.05, 3.63) is 42.5 Å². The second-order valence-corrected chi connectivity index (χ2v) is 4.22. The Hall–Kier alpha value is -2.07. The lowest BCUT2D eigenvalue weighted by molar-refractivity contribution is 0.287. The van der Waals surface area contributed by atoms with E-state index in [4.69, 9.17) is 9.52 Å². The van der Waals surface area contributed by atoms with Crippen LogP contribution in [0, 0.1) is 0 Å². The highest BCUT2D eigenvalue weighted by Crippen LogP contribution is 2.29. The van der Waals surface area contributed by atoms with Gasteiger partial charge >= 0.3 is 0 Å². The first-order valence-corrected chi connectivity index (χ1v) is 6.00. The first kappa shape index (κ1) is 11.0. The van der Waals surface area contributed by atoms with E-state index in [-0.39, 0.29) is 6.61 Å². The second kappa shape index (κ2) is 4.66. The number of H-pyrrole nitrogens is 1. The summed E-state index contributed by atoms with van der Waals surface area (Å²) in [5, 5.41) is 9.88. The molecule has 2 aromatic heterocycles. The number of rotatable bonds is 4. The number of aryl methyl sites for hydroxylation is 1. The third-order valence-electron chi connectivity index (χ3n) is 2.97. The monoisotopic (exact) mass is 242 g/mol. The van der Waals surface area contributed by atoms with E-state index in [2.05, 4.69) is 9.97 Å². The van der Waals surface area contributed by atoms with Gasteiger partial charge in [0.25, 0.3) is 0 Å². The van der Waals surface area contributed by atoms with Crippen LogP contribution in [0.3, 0.4) is 0 Å². The SMILES string of the molecule is OCCCc1ncc(-c2coc3ccccc23)[nH]1. The van der Waals surface area contributed by atoms with Crippen LogP contribution < -0.4 is 0 Å². The third-order valence-corrected chi connectivity index (χ3v) is 2.97. The van der Waals surface area contributed by atoms with Crippen molar-refractivity contribution in [1.82, 2.24) is 9.97 Å². The molecule has 0 spiro atoms. The molecule has 4 nitrogen and oxygen atoms in total. The Bertz CT molecular complexity index is 654. The fourth-order valence-electron chi connectivity index (χ4n) is 2.06. The van der Waals surface area contributed by atoms with Gasteiger partial charge in [0.15, 0.2) is 0 Å². The first-order chi connectivity index (χ1) is 8.88. The lowest BCUT2D eigenvalue weighted by Crippen LogP contribution is -1.91. The maximum atomic E-state index is 8.80. The molecule has 92 valence electrons. The third kappa shape index (κ3) is 1.91. The van der Waals surface area contributed by atoms with Crippen molar-refractivity contribution >= 4 is 11.0 Å². The number of nitrogens with zero attached hydrogens (tertiary/aromatic N) is 1. The van der Waals surface area contributed by atoms with Gasteiger partial charge in [-0.1, -0.05) is 18.2 Å². The summed E-state index contributed by atoms with van der Waals surface area (Å²) in [5.41, 5.74) is 2.85. The molecule has 3 aromatic rings. The van der Waals surface area contributed by atoms with Crippen LogP contribution in [-0.2, 0) is 6.42 Å². The molecule has 0 fully saturated rings. The van der Waals surface area contributed by atoms with Crippen molar-refractivity contribution < 1.29 is 9.52 Å². The lowest BCUT2D eigenvalue weighted by atomic mass is 10.1. The molecule has 18 heavy (non-hydrogen) atoms. The van der Waals surface area contributed by atoms with Crippen molar-refractivity contribution in [3.8, 4) is 11.3 Å². The van der Waals surface area contributed by atoms with Gasteiger partial charge < -0.3 is 14.5 Å². The van der Waals surface area contributed by atoms with E-state index >= 15 is 0 Å². The summed E-state index contributed by atoms with van der Waals surface area (Å²) in [6, 6.07) is 7.92. The standard InChI is InChI=1S/C14H14N2O2/c17-7-3-6-14-15-8-12(16-14)11-9-18-13-5-2-1-4-10(11)13/h1-2,4-5,8-9,17H,3,6-7H2,(H,15,16). The number of aliphatic hydroxyl groups excluding tert-OH is 1. The smallest absolute Gasteiger partial charge is 0.134 e. The van der Waals surface area contributed by atoms with Crippen molar-refractivity contribution in [3.63, 3.8) is 0 Å². The van der Waals surface area contributed by atoms with Crippen LogP contribution in [0.1, 0.15) is 12.2 Å². The Morgan fingerprint density at radius 3 is 3.06 bits per heavy atom. The zero-order valence-electron chi connectivity index (χ0n) is 9.89. The van der Waals surface area contributed by atoms with Crippen LogP contribution >= 0.6 is 0 Å². The average molecular weight is 242 g/mol. The minimum Gasteiger partial charge on any atom is -0.464 e. The molecule has 0 saturated heterocycles. The van der Waals surface area contributed by atoms with E-state index < -0.39 is 0 Å². The number of nitrogens with one attached hydrogen (secondary N) is 1. The molecule has 0 saturated carbocycles. The van der Waals surface area contributed by atoms with Gasteiger partial charge in [-0.05, 0) is 12.5 Å². The quantitative estimate of drug-likeness (QED) is 0.739. The fourth-order valence-corrected chi connectivity index (χ4v) is 2.06. The molecule has 3 rings (SSSR count). The Morgan fingerprint density at radius 2 is 2.17 bits per heavy atom. The predicted octanol–water partition coefficient (Wildman–Crippen LogP) is 2.75. The van der Waals surface area contributed by atoms with Crippen molar-refractivity contribution in [1.29, 1.82) is 0 Å². The van der Waals surface area contributed by atoms with Gasteiger partial charge in [0.1, 0.15) is 17.7 Å². The first-order valence-electron chi connectivity index (χ1n) is 6.00. The Kier molecular flexibility index (Phi) is 2.86. The van der Waals surface area contributed by atoms with E-state index in [0.717, 1.165) is 40.9 Å². The minimum atomic E-state index is 0.185. The van der Waals surface area contributed by atoms with Gasteiger partial charge in [-0.15, -0.1) is 0 Å². The summed E-state index contributed by atoms with van der Waals surface area (Å²) in [4.78, 5) is 7.57. The summed E-state index contributed by atoms with van der Waals surface area (Å²) in [6.07, 6.45) is 5.03. The normalized spacial score (nSPS) is 11.2. The fraction of sp³-hybridized carbons (Fsp3) is 0.214. The second-order valence-electron chi connectivity index (χ2n) is 4.22. The highest BCUT2D eigenvalue weighted by Gasteiger charge is 2.09. The molecule has 4 heteroatoms. The number of aliphatic hydroxyl groups is 1. The van der Waals surface area contributed by atoms with Gasteiger partial charge in [-0.25, -0.2) is 4.98 Å². The summed E-state index contributed by atoms with van der Waals surface area (Å²) in [6.45, 7) is 0.185. The molecule has 0 unspecified atom stereocenters. The topological polar surface area (TPSA) is 62.1 Å². The van der Waals surface area contributed by atoms with Gasteiger partial charge in [0.05, 0.1) is 11.9 Å². The molecule has 0 atom stereocenters. The summed E-state index contributed by atoms with van der Waals surface area (Å²) in [7, 11) is 0. The zero-order chi connectivity index (χ0) is 12.4. The number of benzene rings is 1. The van der Waals surface area contributed by atoms with Crippen LogP contribution in [0.15, 0.2) is 41.1 Å². The van der Waals surface area contributed by atoms with Gasteiger partial charge in [-0.3, -0.25) is 0 Å². The number of imidazole rings is 1. The maximum Gasteiger partial charge on any atom is 0.134 e. The molecule has 0 bridgehead atoms. The van der Waals surface area contributed by atoms with Crippen LogP contribution in [0.25, 0.3) is 22.2 Å². The van der Waals surface area contributed by atoms with Crippen LogP contribution in [0.5, 0.6) is 0 Å². The maximum absolute atomic E-state index is 8.80. The summed E-state index contributed by atoms with van der Waals surface area (Å²) < 4.78 is 5.51. The van der Waals surface area contributed by atoms with Gasteiger partial charge in [0.2, 0.25) is 0 Å². The van der Waals surface area contributed by atoms with Crippen LogP contribution in [0.4, 0.5) is 0 Å². The van der Waals surface area contributed by atoms with Crippen molar-refractivity contribution in [2.75, 3.05) is 6.61 Å². The molecule has 0 aliphatic heterocycles. The minimum absolute atomic E-state index is 0.185. The molecule has 2 N–H and O–H groups in total. The molecular weight excluding hydrogens is 228 g/mol. The Labute approximate surface area is 104 Å². The van der Waals surface area contributed by atoms with E-state index in [1.807, 2.05) is 30.5 Å². The molecule has 2 heterocycles. The summed E-state index contributed by atoms with van der Waals surface area (Å²) in [5.74, 6) is 0.893. The molecule has 0 radical (unpaired) electrons. The van der Waals surface area contributed by atoms with Crippen LogP contribution in [-0.4, -0.2) is 21.7 Å². The lowest BCUT2D eigenvalue weighted by Gasteiger charge is -1.94. The van der Waals surface area contributed by atoms with E-state index in [1.54, 1.807) is 6.26 Å². The molecular formula is C14H14N2O2. The van der Waals surface area contributed by atoms with E-state index in [9.17, 15) is 0 Å². The number of para-hydroxylation sites is 1. The van der Waals surface area contributed by atoms with E-state index in [0.29, 0.717) is 0 Å². The number of aromatic amines is 1. The Balaban J connectivity index is 1.96. The number of hydrogen-bond donors (Lipinski definition) is 2. The average Bonchev–Trinajstić information content (AvgIpc) is 3.02. The predicted molar refractivity (Wildman–Crippen MR) is 69.2 cm³/mol. The molecule has 0 amide bonds. The highest BCUT2D eigenvalue weighted by molar-refractivity contribution is 5.92. The van der Waals surface area contributed by atoms with Crippen LogP contribution in [0.2, 0.25) is 0 Å². The van der Waals surface area contributed by atoms with E-state index in [1.165, 1.54) is 0 Å². The number of fused-ring (bicyclic) bond motifs is 1. The molecule has 0 aliphatic carbocycles. The largest absolute Gasteiger partial charge is 0.464 e. The highest BCUT2D eigenvalue weighted by atomic mass is 16.3. The molecule has 1 aromatic carbocycles.